The van der Waals surface area contributed by atoms with Crippen molar-refractivity contribution in [1.29, 1.82) is 0 Å². The molecular weight excluding hydrogens is 503 g/mol. The highest BCUT2D eigenvalue weighted by Crippen LogP contribution is 2.21. The van der Waals surface area contributed by atoms with E-state index in [9.17, 15) is 28.7 Å². The van der Waals surface area contributed by atoms with Crippen LogP contribution in [0.1, 0.15) is 43.2 Å². The van der Waals surface area contributed by atoms with Crippen LogP contribution < -0.4 is 16.0 Å². The van der Waals surface area contributed by atoms with E-state index in [0.717, 1.165) is 31.4 Å². The largest absolute Gasteiger partial charge is 0.480 e. The first-order valence-corrected chi connectivity index (χ1v) is 13.4. The number of likely N-dealkylation sites (tertiary alicyclic amines) is 1. The molecule has 2 aliphatic heterocycles. The van der Waals surface area contributed by atoms with Gasteiger partial charge in [-0.2, -0.15) is 0 Å². The number of benzene rings is 2. The maximum atomic E-state index is 13.4. The first-order valence-electron chi connectivity index (χ1n) is 13.4. The second kappa shape index (κ2) is 13.3. The number of carbonyl (C=O) groups is 4. The van der Waals surface area contributed by atoms with Crippen LogP contribution in [0.2, 0.25) is 0 Å². The van der Waals surface area contributed by atoms with Gasteiger partial charge in [0.2, 0.25) is 17.7 Å². The number of hydrogen-bond acceptors (Lipinski definition) is 5. The van der Waals surface area contributed by atoms with Gasteiger partial charge in [-0.05, 0) is 61.9 Å². The number of rotatable bonds is 11. The summed E-state index contributed by atoms with van der Waals surface area (Å²) in [4.78, 5) is 52.9. The topological polar surface area (TPSA) is 128 Å². The van der Waals surface area contributed by atoms with E-state index >= 15 is 0 Å². The molecule has 0 spiro atoms. The normalized spacial score (nSPS) is 20.3. The Morgan fingerprint density at radius 2 is 1.67 bits per heavy atom. The average molecular weight is 539 g/mol. The fraction of sp³-hybridized carbons (Fsp3) is 0.448. The van der Waals surface area contributed by atoms with Crippen LogP contribution in [0.25, 0.3) is 0 Å². The molecule has 2 heterocycles. The Kier molecular flexibility index (Phi) is 9.64. The number of carbonyl (C=O) groups excluding carboxylic acids is 3. The van der Waals surface area contributed by atoms with Crippen LogP contribution in [0.5, 0.6) is 0 Å². The second-order valence-electron chi connectivity index (χ2n) is 10.2. The molecule has 208 valence electrons. The van der Waals surface area contributed by atoms with Crippen LogP contribution in [0.15, 0.2) is 54.6 Å². The van der Waals surface area contributed by atoms with Gasteiger partial charge in [0, 0.05) is 25.4 Å². The Morgan fingerprint density at radius 1 is 0.949 bits per heavy atom. The van der Waals surface area contributed by atoms with Gasteiger partial charge in [0.15, 0.2) is 0 Å². The molecule has 2 saturated heterocycles. The van der Waals surface area contributed by atoms with Gasteiger partial charge < -0.3 is 26.0 Å². The minimum absolute atomic E-state index is 0.00852. The maximum absolute atomic E-state index is 13.4. The molecular formula is C29H35FN4O5. The van der Waals surface area contributed by atoms with E-state index in [0.29, 0.717) is 24.9 Å². The first kappa shape index (κ1) is 28.2. The average Bonchev–Trinajstić information content (AvgIpc) is 3.62. The summed E-state index contributed by atoms with van der Waals surface area (Å²) in [6.45, 7) is 1.30. The molecule has 2 fully saturated rings. The number of carboxylic acids is 1. The van der Waals surface area contributed by atoms with Crippen molar-refractivity contribution < 1.29 is 28.7 Å². The highest BCUT2D eigenvalue weighted by Gasteiger charge is 2.38. The van der Waals surface area contributed by atoms with Gasteiger partial charge in [0.25, 0.3) is 0 Å². The number of amides is 3. The number of carboxylic acid groups (broad SMARTS) is 1. The van der Waals surface area contributed by atoms with Gasteiger partial charge in [-0.15, -0.1) is 0 Å². The zero-order chi connectivity index (χ0) is 27.8. The number of halogens is 1. The molecule has 3 amide bonds. The Bertz CT molecular complexity index is 1150. The summed E-state index contributed by atoms with van der Waals surface area (Å²) in [5, 5.41) is 18.4. The Balaban J connectivity index is 1.42. The number of nitrogens with one attached hydrogen (secondary N) is 3. The Morgan fingerprint density at radius 3 is 2.33 bits per heavy atom. The molecule has 9 nitrogen and oxygen atoms in total. The van der Waals surface area contributed by atoms with Gasteiger partial charge >= 0.3 is 5.97 Å². The van der Waals surface area contributed by atoms with E-state index in [1.807, 2.05) is 30.3 Å². The van der Waals surface area contributed by atoms with E-state index in [-0.39, 0.29) is 30.7 Å². The van der Waals surface area contributed by atoms with Crippen LogP contribution in [0.4, 0.5) is 4.39 Å². The third-order valence-corrected chi connectivity index (χ3v) is 7.29. The van der Waals surface area contributed by atoms with Crippen molar-refractivity contribution in [3.05, 3.63) is 71.5 Å². The van der Waals surface area contributed by atoms with Crippen molar-refractivity contribution in [3.63, 3.8) is 0 Å². The first-order chi connectivity index (χ1) is 18.8. The quantitative estimate of drug-likeness (QED) is 0.346. The maximum Gasteiger partial charge on any atom is 0.326 e. The highest BCUT2D eigenvalue weighted by atomic mass is 19.1. The van der Waals surface area contributed by atoms with Crippen LogP contribution >= 0.6 is 0 Å². The van der Waals surface area contributed by atoms with Crippen LogP contribution in [0.3, 0.4) is 0 Å². The molecule has 2 aliphatic rings. The zero-order valence-corrected chi connectivity index (χ0v) is 21.8. The number of aliphatic carboxylic acids is 1. The SMILES string of the molecule is O=C(CC(Cc1ccccc1)NC(=O)C1CCCN1C(=O)C1CCCN1)NC(Cc1ccc(F)cc1)C(=O)O. The summed E-state index contributed by atoms with van der Waals surface area (Å²) in [5.74, 6) is -2.55. The number of nitrogens with zero attached hydrogens (tertiary/aromatic N) is 1. The monoisotopic (exact) mass is 538 g/mol. The van der Waals surface area contributed by atoms with Gasteiger partial charge in [0.1, 0.15) is 17.9 Å². The molecule has 4 unspecified atom stereocenters. The smallest absolute Gasteiger partial charge is 0.326 e. The van der Waals surface area contributed by atoms with Crippen molar-refractivity contribution in [3.8, 4) is 0 Å². The van der Waals surface area contributed by atoms with E-state index in [4.69, 9.17) is 0 Å². The molecule has 10 heteroatoms. The van der Waals surface area contributed by atoms with E-state index < -0.39 is 35.8 Å². The molecule has 0 aliphatic carbocycles. The molecule has 0 saturated carbocycles. The van der Waals surface area contributed by atoms with Crippen LogP contribution in [-0.2, 0) is 32.0 Å². The van der Waals surface area contributed by atoms with E-state index in [1.165, 1.54) is 24.3 Å². The summed E-state index contributed by atoms with van der Waals surface area (Å²) >= 11 is 0. The molecule has 2 aromatic rings. The molecule has 4 N–H and O–H groups in total. The molecule has 0 bridgehead atoms. The Labute approximate surface area is 227 Å². The van der Waals surface area contributed by atoms with Crippen molar-refractivity contribution in [1.82, 2.24) is 20.9 Å². The lowest BCUT2D eigenvalue weighted by molar-refractivity contribution is -0.142. The van der Waals surface area contributed by atoms with E-state index in [1.54, 1.807) is 4.90 Å². The summed E-state index contributed by atoms with van der Waals surface area (Å²) in [6, 6.07) is 12.1. The van der Waals surface area contributed by atoms with Gasteiger partial charge in [-0.1, -0.05) is 42.5 Å². The van der Waals surface area contributed by atoms with Gasteiger partial charge in [-0.25, -0.2) is 9.18 Å². The van der Waals surface area contributed by atoms with E-state index in [2.05, 4.69) is 16.0 Å². The third kappa shape index (κ3) is 7.86. The molecule has 4 atom stereocenters. The van der Waals surface area contributed by atoms with Crippen LogP contribution in [-0.4, -0.2) is 71.0 Å². The van der Waals surface area contributed by atoms with Crippen molar-refractivity contribution in [2.24, 2.45) is 0 Å². The molecule has 2 aromatic carbocycles. The highest BCUT2D eigenvalue weighted by molar-refractivity contribution is 5.91. The predicted octanol–water partition coefficient (Wildman–Crippen LogP) is 1.80. The molecule has 0 aromatic heterocycles. The molecule has 0 radical (unpaired) electrons. The lowest BCUT2D eigenvalue weighted by atomic mass is 10.0. The molecule has 39 heavy (non-hydrogen) atoms. The fourth-order valence-electron chi connectivity index (χ4n) is 5.30. The van der Waals surface area contributed by atoms with Crippen LogP contribution in [0, 0.1) is 5.82 Å². The minimum atomic E-state index is -1.21. The lowest BCUT2D eigenvalue weighted by Crippen LogP contribution is -2.53. The predicted molar refractivity (Wildman–Crippen MR) is 142 cm³/mol. The third-order valence-electron chi connectivity index (χ3n) is 7.29. The summed E-state index contributed by atoms with van der Waals surface area (Å²) in [5.41, 5.74) is 1.48. The Hall–Kier alpha value is -3.79. The van der Waals surface area contributed by atoms with Gasteiger partial charge in [-0.3, -0.25) is 14.4 Å². The van der Waals surface area contributed by atoms with Crippen molar-refractivity contribution in [2.45, 2.75) is 69.1 Å². The standard InChI is InChI=1S/C29H35FN4O5/c30-21-12-10-20(11-13-21)17-24(29(38)39)33-26(35)18-22(16-19-6-2-1-3-7-19)32-27(36)25-9-5-15-34(25)28(37)23-8-4-14-31-23/h1-3,6-7,10-13,22-25,31H,4-5,8-9,14-18H2,(H,32,36)(H,33,35)(H,38,39). The summed E-state index contributed by atoms with van der Waals surface area (Å²) in [6.07, 6.45) is 3.17. The van der Waals surface area contributed by atoms with Crippen molar-refractivity contribution >= 4 is 23.7 Å². The number of hydrogen-bond donors (Lipinski definition) is 4. The van der Waals surface area contributed by atoms with Crippen molar-refractivity contribution in [2.75, 3.05) is 13.1 Å². The molecule has 4 rings (SSSR count). The summed E-state index contributed by atoms with van der Waals surface area (Å²) in [7, 11) is 0. The minimum Gasteiger partial charge on any atom is -0.480 e. The zero-order valence-electron chi connectivity index (χ0n) is 21.8. The second-order valence-corrected chi connectivity index (χ2v) is 10.2. The fourth-order valence-corrected chi connectivity index (χ4v) is 5.30. The summed E-state index contributed by atoms with van der Waals surface area (Å²) < 4.78 is 13.2. The lowest BCUT2D eigenvalue weighted by Gasteiger charge is -2.28. The van der Waals surface area contributed by atoms with Gasteiger partial charge in [0.05, 0.1) is 6.04 Å².